The Morgan fingerprint density at radius 3 is 2.26 bits per heavy atom. The highest BCUT2D eigenvalue weighted by Crippen LogP contribution is 2.27. The average molecular weight is 463 g/mol. The van der Waals surface area contributed by atoms with Gasteiger partial charge >= 0.3 is 0 Å². The fourth-order valence-corrected chi connectivity index (χ4v) is 4.10. The van der Waals surface area contributed by atoms with E-state index in [0.717, 1.165) is 18.7 Å². The Morgan fingerprint density at radius 2 is 1.68 bits per heavy atom. The smallest absolute Gasteiger partial charge is 0.266 e. The van der Waals surface area contributed by atoms with E-state index in [0.29, 0.717) is 29.7 Å². The maximum absolute atomic E-state index is 13.7. The normalized spacial score (nSPS) is 12.8. The molecule has 0 bridgehead atoms. The van der Waals surface area contributed by atoms with Crippen LogP contribution in [0.4, 0.5) is 0 Å². The molecule has 0 saturated carbocycles. The van der Waals surface area contributed by atoms with Gasteiger partial charge in [0.15, 0.2) is 0 Å². The summed E-state index contributed by atoms with van der Waals surface area (Å²) in [5.41, 5.74) is 2.35. The number of para-hydroxylation sites is 1. The van der Waals surface area contributed by atoms with Crippen molar-refractivity contribution in [3.8, 4) is 5.69 Å². The molecule has 182 valence electrons. The monoisotopic (exact) mass is 462 g/mol. The minimum Gasteiger partial charge on any atom is -0.331 e. The minimum absolute atomic E-state index is 0.0668. The zero-order chi connectivity index (χ0) is 25.0. The SMILES string of the molecule is CCc1ccc(-n2c(C(C)N(CCN(C)C)C(=O)CC(C)(C)C)nc3ccccc3c2=O)cc1. The van der Waals surface area contributed by atoms with E-state index in [1.165, 1.54) is 5.56 Å². The predicted molar refractivity (Wildman–Crippen MR) is 139 cm³/mol. The van der Waals surface area contributed by atoms with Gasteiger partial charge in [0.1, 0.15) is 5.82 Å². The first-order chi connectivity index (χ1) is 16.0. The zero-order valence-electron chi connectivity index (χ0n) is 21.6. The second kappa shape index (κ2) is 10.5. The van der Waals surface area contributed by atoms with Crippen molar-refractivity contribution in [3.63, 3.8) is 0 Å². The van der Waals surface area contributed by atoms with E-state index >= 15 is 0 Å². The third-order valence-electron chi connectivity index (χ3n) is 6.04. The number of benzene rings is 2. The average Bonchev–Trinajstić information content (AvgIpc) is 2.77. The van der Waals surface area contributed by atoms with E-state index in [-0.39, 0.29) is 22.9 Å². The van der Waals surface area contributed by atoms with Crippen molar-refractivity contribution in [3.05, 3.63) is 70.3 Å². The number of aryl methyl sites for hydroxylation is 1. The highest BCUT2D eigenvalue weighted by Gasteiger charge is 2.29. The fraction of sp³-hybridized carbons (Fsp3) is 0.464. The summed E-state index contributed by atoms with van der Waals surface area (Å²) in [7, 11) is 3.99. The molecule has 0 spiro atoms. The Labute approximate surface area is 203 Å². The lowest BCUT2D eigenvalue weighted by atomic mass is 9.91. The van der Waals surface area contributed by atoms with Gasteiger partial charge in [0.2, 0.25) is 5.91 Å². The maximum Gasteiger partial charge on any atom is 0.266 e. The highest BCUT2D eigenvalue weighted by atomic mass is 16.2. The molecule has 34 heavy (non-hydrogen) atoms. The summed E-state index contributed by atoms with van der Waals surface area (Å²) in [5, 5.41) is 0.568. The van der Waals surface area contributed by atoms with E-state index in [2.05, 4.69) is 32.6 Å². The molecular weight excluding hydrogens is 424 g/mol. The number of aromatic nitrogens is 2. The van der Waals surface area contributed by atoms with Crippen LogP contribution in [0.5, 0.6) is 0 Å². The number of hydrogen-bond acceptors (Lipinski definition) is 4. The number of carbonyl (C=O) groups excluding carboxylic acids is 1. The van der Waals surface area contributed by atoms with Crippen LogP contribution >= 0.6 is 0 Å². The molecule has 0 aliphatic carbocycles. The Hall–Kier alpha value is -2.99. The molecule has 6 heteroatoms. The second-order valence-electron chi connectivity index (χ2n) is 10.5. The molecule has 0 fully saturated rings. The van der Waals surface area contributed by atoms with Crippen LogP contribution < -0.4 is 5.56 Å². The van der Waals surface area contributed by atoms with Crippen LogP contribution in [0, 0.1) is 5.41 Å². The minimum atomic E-state index is -0.377. The van der Waals surface area contributed by atoms with Gasteiger partial charge in [-0.2, -0.15) is 0 Å². The Morgan fingerprint density at radius 1 is 1.03 bits per heavy atom. The molecule has 1 amide bonds. The van der Waals surface area contributed by atoms with Crippen molar-refractivity contribution in [1.29, 1.82) is 0 Å². The molecule has 2 aromatic carbocycles. The molecule has 0 aliphatic rings. The van der Waals surface area contributed by atoms with E-state index in [9.17, 15) is 9.59 Å². The molecule has 3 aromatic rings. The van der Waals surface area contributed by atoms with Crippen LogP contribution in [0.15, 0.2) is 53.3 Å². The largest absolute Gasteiger partial charge is 0.331 e. The summed E-state index contributed by atoms with van der Waals surface area (Å²) in [4.78, 5) is 36.0. The first kappa shape index (κ1) is 25.6. The Kier molecular flexibility index (Phi) is 7.93. The fourth-order valence-electron chi connectivity index (χ4n) is 4.10. The lowest BCUT2D eigenvalue weighted by Crippen LogP contribution is -2.42. The molecule has 0 radical (unpaired) electrons. The summed E-state index contributed by atoms with van der Waals surface area (Å²) in [6, 6.07) is 15.1. The van der Waals surface area contributed by atoms with E-state index in [1.54, 1.807) is 4.57 Å². The summed E-state index contributed by atoms with van der Waals surface area (Å²) < 4.78 is 1.68. The van der Waals surface area contributed by atoms with Gasteiger partial charge in [0.25, 0.3) is 5.56 Å². The molecular formula is C28H38N4O2. The maximum atomic E-state index is 13.7. The van der Waals surface area contributed by atoms with Crippen molar-refractivity contribution in [2.24, 2.45) is 5.41 Å². The van der Waals surface area contributed by atoms with Crippen LogP contribution in [0.2, 0.25) is 0 Å². The van der Waals surface area contributed by atoms with Gasteiger partial charge in [-0.05, 0) is 62.7 Å². The standard InChI is InChI=1S/C28H38N4O2/c1-8-21-13-15-22(16-14-21)32-26(29-24-12-10-9-11-23(24)27(32)34)20(2)31(18-17-30(6)7)25(33)19-28(3,4)5/h9-16,20H,8,17-19H2,1-7H3. The molecule has 0 saturated heterocycles. The van der Waals surface area contributed by atoms with Crippen molar-refractivity contribution in [2.45, 2.75) is 53.5 Å². The lowest BCUT2D eigenvalue weighted by molar-refractivity contribution is -0.135. The third kappa shape index (κ3) is 5.92. The molecule has 1 heterocycles. The Balaban J connectivity index is 2.19. The van der Waals surface area contributed by atoms with E-state index in [1.807, 2.05) is 74.4 Å². The molecule has 1 unspecified atom stereocenters. The van der Waals surface area contributed by atoms with Gasteiger partial charge in [-0.15, -0.1) is 0 Å². The number of carbonyl (C=O) groups is 1. The van der Waals surface area contributed by atoms with Crippen molar-refractivity contribution in [2.75, 3.05) is 27.2 Å². The summed E-state index contributed by atoms with van der Waals surface area (Å²) in [6.07, 6.45) is 1.35. The highest BCUT2D eigenvalue weighted by molar-refractivity contribution is 5.79. The first-order valence-corrected chi connectivity index (χ1v) is 12.1. The number of nitrogens with zero attached hydrogens (tertiary/aromatic N) is 4. The van der Waals surface area contributed by atoms with Crippen LogP contribution in [-0.2, 0) is 11.2 Å². The van der Waals surface area contributed by atoms with E-state index < -0.39 is 0 Å². The summed E-state index contributed by atoms with van der Waals surface area (Å²) in [6.45, 7) is 11.6. The van der Waals surface area contributed by atoms with Gasteiger partial charge in [0.05, 0.1) is 22.6 Å². The van der Waals surface area contributed by atoms with E-state index in [4.69, 9.17) is 4.98 Å². The molecule has 1 atom stereocenters. The predicted octanol–water partition coefficient (Wildman–Crippen LogP) is 4.84. The molecule has 3 rings (SSSR count). The first-order valence-electron chi connectivity index (χ1n) is 12.1. The Bertz CT molecular complexity index is 1190. The topological polar surface area (TPSA) is 58.4 Å². The van der Waals surface area contributed by atoms with Gasteiger partial charge in [-0.25, -0.2) is 4.98 Å². The van der Waals surface area contributed by atoms with Crippen LogP contribution in [0.1, 0.15) is 58.5 Å². The van der Waals surface area contributed by atoms with Gasteiger partial charge in [-0.1, -0.05) is 52.0 Å². The van der Waals surface area contributed by atoms with Crippen LogP contribution in [-0.4, -0.2) is 52.4 Å². The van der Waals surface area contributed by atoms with Crippen LogP contribution in [0.25, 0.3) is 16.6 Å². The van der Waals surface area contributed by atoms with Crippen molar-refractivity contribution in [1.82, 2.24) is 19.4 Å². The number of rotatable bonds is 8. The molecule has 6 nitrogen and oxygen atoms in total. The number of fused-ring (bicyclic) bond motifs is 1. The zero-order valence-corrected chi connectivity index (χ0v) is 21.6. The molecule has 0 N–H and O–H groups in total. The van der Waals surface area contributed by atoms with Crippen molar-refractivity contribution < 1.29 is 4.79 Å². The number of likely N-dealkylation sites (N-methyl/N-ethyl adjacent to an activating group) is 1. The second-order valence-corrected chi connectivity index (χ2v) is 10.5. The van der Waals surface area contributed by atoms with Gasteiger partial charge in [0, 0.05) is 19.5 Å². The molecule has 0 aliphatic heterocycles. The number of hydrogen-bond donors (Lipinski definition) is 0. The third-order valence-corrected chi connectivity index (χ3v) is 6.04. The van der Waals surface area contributed by atoms with Crippen molar-refractivity contribution >= 4 is 16.8 Å². The summed E-state index contributed by atoms with van der Waals surface area (Å²) in [5.74, 6) is 0.645. The lowest BCUT2D eigenvalue weighted by Gasteiger charge is -2.33. The number of amides is 1. The van der Waals surface area contributed by atoms with Gasteiger partial charge < -0.3 is 9.80 Å². The van der Waals surface area contributed by atoms with Crippen LogP contribution in [0.3, 0.4) is 0 Å². The molecule has 1 aromatic heterocycles. The van der Waals surface area contributed by atoms with Gasteiger partial charge in [-0.3, -0.25) is 14.2 Å². The summed E-state index contributed by atoms with van der Waals surface area (Å²) >= 11 is 0. The quantitative estimate of drug-likeness (QED) is 0.481.